The molecule has 0 aromatic heterocycles. The normalized spacial score (nSPS) is 10.8. The van der Waals surface area contributed by atoms with Crippen molar-refractivity contribution in [2.24, 2.45) is 0 Å². The van der Waals surface area contributed by atoms with Gasteiger partial charge < -0.3 is 5.73 Å². The van der Waals surface area contributed by atoms with Crippen LogP contribution in [0.25, 0.3) is 11.1 Å². The Labute approximate surface area is 103 Å². The monoisotopic (exact) mass is 251 g/mol. The average molecular weight is 251 g/mol. The van der Waals surface area contributed by atoms with E-state index >= 15 is 0 Å². The van der Waals surface area contributed by atoms with Crippen LogP contribution in [0.5, 0.6) is 0 Å². The van der Waals surface area contributed by atoms with Crippen molar-refractivity contribution in [3.05, 3.63) is 48.5 Å². The van der Waals surface area contributed by atoms with Gasteiger partial charge in [-0.1, -0.05) is 42.1 Å². The maximum atomic E-state index is 12.2. The number of rotatable bonds is 3. The van der Waals surface area contributed by atoms with Crippen molar-refractivity contribution in [3.63, 3.8) is 0 Å². The molecule has 2 aromatic carbocycles. The second-order valence-corrected chi connectivity index (χ2v) is 4.55. The zero-order valence-corrected chi connectivity index (χ0v) is 9.75. The SMILES string of the molecule is Nc1ccccc1-c1ccc(SC(F)F)cc1. The predicted molar refractivity (Wildman–Crippen MR) is 68.2 cm³/mol. The van der Waals surface area contributed by atoms with E-state index in [1.165, 1.54) is 0 Å². The predicted octanol–water partition coefficient (Wildman–Crippen LogP) is 4.25. The van der Waals surface area contributed by atoms with E-state index in [0.717, 1.165) is 11.1 Å². The highest BCUT2D eigenvalue weighted by atomic mass is 32.2. The van der Waals surface area contributed by atoms with E-state index in [9.17, 15) is 8.78 Å². The lowest BCUT2D eigenvalue weighted by atomic mass is 10.0. The zero-order chi connectivity index (χ0) is 12.3. The van der Waals surface area contributed by atoms with E-state index < -0.39 is 5.76 Å². The summed E-state index contributed by atoms with van der Waals surface area (Å²) in [6.07, 6.45) is 0. The zero-order valence-electron chi connectivity index (χ0n) is 8.94. The van der Waals surface area contributed by atoms with E-state index in [2.05, 4.69) is 0 Å². The number of nitrogen functional groups attached to an aromatic ring is 1. The molecule has 0 saturated heterocycles. The van der Waals surface area contributed by atoms with Gasteiger partial charge in [0.1, 0.15) is 0 Å². The highest BCUT2D eigenvalue weighted by Gasteiger charge is 2.06. The number of thioether (sulfide) groups is 1. The Hall–Kier alpha value is -1.55. The molecule has 2 rings (SSSR count). The van der Waals surface area contributed by atoms with Crippen LogP contribution in [0.4, 0.5) is 14.5 Å². The van der Waals surface area contributed by atoms with Gasteiger partial charge in [0.05, 0.1) is 0 Å². The first kappa shape index (κ1) is 11.9. The molecule has 0 amide bonds. The molecular weight excluding hydrogens is 240 g/mol. The summed E-state index contributed by atoms with van der Waals surface area (Å²) >= 11 is 0.542. The highest BCUT2D eigenvalue weighted by Crippen LogP contribution is 2.30. The molecule has 1 nitrogen and oxygen atoms in total. The summed E-state index contributed by atoms with van der Waals surface area (Å²) < 4.78 is 24.3. The Kier molecular flexibility index (Phi) is 3.64. The Morgan fingerprint density at radius 3 is 2.18 bits per heavy atom. The first-order valence-corrected chi connectivity index (χ1v) is 5.94. The molecule has 2 N–H and O–H groups in total. The Morgan fingerprint density at radius 1 is 0.941 bits per heavy atom. The number of anilines is 1. The van der Waals surface area contributed by atoms with Crippen LogP contribution in [0, 0.1) is 0 Å². The third kappa shape index (κ3) is 2.97. The molecule has 0 saturated carbocycles. The number of halogens is 2. The molecule has 88 valence electrons. The minimum atomic E-state index is -2.39. The van der Waals surface area contributed by atoms with Crippen molar-refractivity contribution < 1.29 is 8.78 Å². The second-order valence-electron chi connectivity index (χ2n) is 3.49. The summed E-state index contributed by atoms with van der Waals surface area (Å²) in [4.78, 5) is 0.554. The summed E-state index contributed by atoms with van der Waals surface area (Å²) in [6, 6.07) is 14.4. The van der Waals surface area contributed by atoms with Gasteiger partial charge >= 0.3 is 0 Å². The summed E-state index contributed by atoms with van der Waals surface area (Å²) in [5.74, 6) is -2.39. The summed E-state index contributed by atoms with van der Waals surface area (Å²) in [5.41, 5.74) is 8.38. The average Bonchev–Trinajstić information content (AvgIpc) is 2.30. The fourth-order valence-electron chi connectivity index (χ4n) is 1.58. The number of hydrogen-bond donors (Lipinski definition) is 1. The van der Waals surface area contributed by atoms with Gasteiger partial charge in [-0.3, -0.25) is 0 Å². The minimum absolute atomic E-state index is 0.542. The van der Waals surface area contributed by atoms with Crippen LogP contribution in [0.15, 0.2) is 53.4 Å². The molecule has 2 aromatic rings. The van der Waals surface area contributed by atoms with Gasteiger partial charge in [-0.2, -0.15) is 8.78 Å². The smallest absolute Gasteiger partial charge is 0.288 e. The number of benzene rings is 2. The van der Waals surface area contributed by atoms with Crippen molar-refractivity contribution in [2.75, 3.05) is 5.73 Å². The van der Waals surface area contributed by atoms with Crippen molar-refractivity contribution >= 4 is 17.4 Å². The van der Waals surface area contributed by atoms with E-state index in [-0.39, 0.29) is 0 Å². The molecule has 4 heteroatoms. The van der Waals surface area contributed by atoms with Gasteiger partial charge in [-0.25, -0.2) is 0 Å². The van der Waals surface area contributed by atoms with Crippen LogP contribution < -0.4 is 5.73 Å². The second kappa shape index (κ2) is 5.19. The summed E-state index contributed by atoms with van der Waals surface area (Å²) in [5, 5.41) is 0. The van der Waals surface area contributed by atoms with Crippen LogP contribution in [0.2, 0.25) is 0 Å². The summed E-state index contributed by atoms with van der Waals surface area (Å²) in [6.45, 7) is 0. The van der Waals surface area contributed by atoms with Gasteiger partial charge in [-0.15, -0.1) is 0 Å². The van der Waals surface area contributed by atoms with Crippen molar-refractivity contribution in [1.82, 2.24) is 0 Å². The first-order chi connectivity index (χ1) is 8.16. The maximum absolute atomic E-state index is 12.2. The van der Waals surface area contributed by atoms with Crippen LogP contribution in [-0.4, -0.2) is 5.76 Å². The minimum Gasteiger partial charge on any atom is -0.398 e. The maximum Gasteiger partial charge on any atom is 0.288 e. The summed E-state index contributed by atoms with van der Waals surface area (Å²) in [7, 11) is 0. The fraction of sp³-hybridized carbons (Fsp3) is 0.0769. The van der Waals surface area contributed by atoms with E-state index in [4.69, 9.17) is 5.73 Å². The third-order valence-electron chi connectivity index (χ3n) is 2.35. The first-order valence-electron chi connectivity index (χ1n) is 5.06. The fourth-order valence-corrected chi connectivity index (χ4v) is 2.07. The molecule has 0 unspecified atom stereocenters. The third-order valence-corrected chi connectivity index (χ3v) is 3.07. The van der Waals surface area contributed by atoms with Crippen molar-refractivity contribution in [1.29, 1.82) is 0 Å². The Bertz CT molecular complexity index is 497. The quantitative estimate of drug-likeness (QED) is 0.652. The van der Waals surface area contributed by atoms with Crippen molar-refractivity contribution in [2.45, 2.75) is 10.7 Å². The molecule has 0 fully saturated rings. The lowest BCUT2D eigenvalue weighted by molar-refractivity contribution is 0.252. The highest BCUT2D eigenvalue weighted by molar-refractivity contribution is 7.99. The Balaban J connectivity index is 2.27. The molecule has 0 aliphatic carbocycles. The molecule has 17 heavy (non-hydrogen) atoms. The van der Waals surface area contributed by atoms with E-state index in [1.807, 2.05) is 24.3 Å². The van der Waals surface area contributed by atoms with Gasteiger partial charge in [-0.05, 0) is 23.8 Å². The molecule has 0 bridgehead atoms. The van der Waals surface area contributed by atoms with Crippen LogP contribution in [0.3, 0.4) is 0 Å². The largest absolute Gasteiger partial charge is 0.398 e. The molecule has 0 aliphatic rings. The number of hydrogen-bond acceptors (Lipinski definition) is 2. The van der Waals surface area contributed by atoms with Crippen LogP contribution in [0.1, 0.15) is 0 Å². The Morgan fingerprint density at radius 2 is 1.59 bits per heavy atom. The van der Waals surface area contributed by atoms with E-state index in [0.29, 0.717) is 22.3 Å². The topological polar surface area (TPSA) is 26.0 Å². The molecule has 0 radical (unpaired) electrons. The molecular formula is C13H11F2NS. The standard InChI is InChI=1S/C13H11F2NS/c14-13(15)17-10-7-5-9(6-8-10)11-3-1-2-4-12(11)16/h1-8,13H,16H2. The van der Waals surface area contributed by atoms with Gasteiger partial charge in [0, 0.05) is 16.1 Å². The molecule has 0 heterocycles. The number of nitrogens with two attached hydrogens (primary N) is 1. The number of para-hydroxylation sites is 1. The number of alkyl halides is 2. The lowest BCUT2D eigenvalue weighted by Crippen LogP contribution is -1.89. The van der Waals surface area contributed by atoms with Gasteiger partial charge in [0.2, 0.25) is 0 Å². The van der Waals surface area contributed by atoms with Crippen LogP contribution >= 0.6 is 11.8 Å². The molecule has 0 spiro atoms. The van der Waals surface area contributed by atoms with E-state index in [1.54, 1.807) is 24.3 Å². The lowest BCUT2D eigenvalue weighted by Gasteiger charge is -2.06. The molecule has 0 atom stereocenters. The van der Waals surface area contributed by atoms with Gasteiger partial charge in [0.15, 0.2) is 0 Å². The molecule has 0 aliphatic heterocycles. The van der Waals surface area contributed by atoms with Gasteiger partial charge in [0.25, 0.3) is 5.76 Å². The van der Waals surface area contributed by atoms with Crippen molar-refractivity contribution in [3.8, 4) is 11.1 Å². The van der Waals surface area contributed by atoms with Crippen LogP contribution in [-0.2, 0) is 0 Å².